The van der Waals surface area contributed by atoms with Crippen LogP contribution in [-0.4, -0.2) is 16.4 Å². The van der Waals surface area contributed by atoms with Gasteiger partial charge in [0.15, 0.2) is 0 Å². The van der Waals surface area contributed by atoms with Crippen molar-refractivity contribution in [3.05, 3.63) is 23.9 Å². The van der Waals surface area contributed by atoms with Gasteiger partial charge in [-0.1, -0.05) is 25.8 Å². The molecule has 17 heavy (non-hydrogen) atoms. The second-order valence-electron chi connectivity index (χ2n) is 5.40. The number of hydrogen-bond acceptors (Lipinski definition) is 2. The molecule has 0 amide bonds. The minimum absolute atomic E-state index is 0.0417. The monoisotopic (exact) mass is 252 g/mol. The average molecular weight is 253 g/mol. The maximum Gasteiger partial charge on any atom is 0.126 e. The van der Waals surface area contributed by atoms with Crippen molar-refractivity contribution >= 4 is 17.4 Å². The van der Waals surface area contributed by atoms with Gasteiger partial charge in [0, 0.05) is 11.6 Å². The summed E-state index contributed by atoms with van der Waals surface area (Å²) in [5, 5.41) is 3.57. The van der Waals surface area contributed by atoms with E-state index in [4.69, 9.17) is 11.6 Å². The first-order chi connectivity index (χ1) is 8.13. The summed E-state index contributed by atoms with van der Waals surface area (Å²) < 4.78 is 0. The highest BCUT2D eigenvalue weighted by Crippen LogP contribution is 2.35. The van der Waals surface area contributed by atoms with Gasteiger partial charge >= 0.3 is 0 Å². The summed E-state index contributed by atoms with van der Waals surface area (Å²) in [6.45, 7) is 4.33. The van der Waals surface area contributed by atoms with Crippen LogP contribution in [0, 0.1) is 12.8 Å². The largest absolute Gasteiger partial charge is 0.363 e. The minimum Gasteiger partial charge on any atom is -0.363 e. The molecule has 3 heteroatoms. The lowest BCUT2D eigenvalue weighted by atomic mass is 9.77. The Morgan fingerprint density at radius 1 is 1.53 bits per heavy atom. The molecule has 0 aliphatic heterocycles. The number of nitrogens with one attached hydrogen (secondary N) is 1. The molecule has 1 aliphatic rings. The van der Waals surface area contributed by atoms with Crippen LogP contribution in [0.3, 0.4) is 0 Å². The number of anilines is 1. The Labute approximate surface area is 109 Å². The van der Waals surface area contributed by atoms with Gasteiger partial charge in [0.1, 0.15) is 5.82 Å². The SMILES string of the molecule is Cc1cccc(NC2(CCl)CCCC(C)C2)n1. The molecule has 2 rings (SSSR count). The van der Waals surface area contributed by atoms with Gasteiger partial charge in [-0.3, -0.25) is 0 Å². The lowest BCUT2D eigenvalue weighted by Crippen LogP contribution is -2.44. The van der Waals surface area contributed by atoms with Crippen molar-refractivity contribution in [3.63, 3.8) is 0 Å². The fourth-order valence-corrected chi connectivity index (χ4v) is 3.12. The quantitative estimate of drug-likeness (QED) is 0.823. The zero-order valence-electron chi connectivity index (χ0n) is 10.7. The molecule has 0 spiro atoms. The molecule has 1 aliphatic carbocycles. The summed E-state index contributed by atoms with van der Waals surface area (Å²) >= 11 is 6.20. The van der Waals surface area contributed by atoms with Crippen molar-refractivity contribution in [1.29, 1.82) is 0 Å². The van der Waals surface area contributed by atoms with Gasteiger partial charge in [0.2, 0.25) is 0 Å². The van der Waals surface area contributed by atoms with E-state index >= 15 is 0 Å². The Morgan fingerprint density at radius 3 is 3.00 bits per heavy atom. The zero-order chi connectivity index (χ0) is 12.3. The molecule has 0 bridgehead atoms. The van der Waals surface area contributed by atoms with E-state index in [1.54, 1.807) is 0 Å². The van der Waals surface area contributed by atoms with Gasteiger partial charge < -0.3 is 5.32 Å². The summed E-state index contributed by atoms with van der Waals surface area (Å²) in [5.74, 6) is 2.37. The van der Waals surface area contributed by atoms with Gasteiger partial charge in [-0.2, -0.15) is 0 Å². The topological polar surface area (TPSA) is 24.9 Å². The van der Waals surface area contributed by atoms with Crippen LogP contribution in [0.2, 0.25) is 0 Å². The highest BCUT2D eigenvalue weighted by molar-refractivity contribution is 6.18. The van der Waals surface area contributed by atoms with Crippen LogP contribution in [0.15, 0.2) is 18.2 Å². The van der Waals surface area contributed by atoms with Crippen LogP contribution in [0.4, 0.5) is 5.82 Å². The van der Waals surface area contributed by atoms with Crippen LogP contribution in [0.1, 0.15) is 38.3 Å². The fraction of sp³-hybridized carbons (Fsp3) is 0.643. The van der Waals surface area contributed by atoms with E-state index in [-0.39, 0.29) is 5.54 Å². The molecular formula is C14H21ClN2. The molecule has 1 aromatic heterocycles. The van der Waals surface area contributed by atoms with Crippen LogP contribution in [0.5, 0.6) is 0 Å². The molecule has 1 fully saturated rings. The molecule has 0 radical (unpaired) electrons. The third kappa shape index (κ3) is 3.12. The Bertz CT molecular complexity index is 380. The predicted octanol–water partition coefficient (Wildman–Crippen LogP) is 3.99. The molecule has 1 saturated carbocycles. The number of aryl methyl sites for hydroxylation is 1. The van der Waals surface area contributed by atoms with E-state index in [0.29, 0.717) is 5.88 Å². The number of hydrogen-bond donors (Lipinski definition) is 1. The predicted molar refractivity (Wildman–Crippen MR) is 73.7 cm³/mol. The van der Waals surface area contributed by atoms with Gasteiger partial charge in [-0.15, -0.1) is 11.6 Å². The molecule has 0 aromatic carbocycles. The van der Waals surface area contributed by atoms with E-state index in [1.165, 1.54) is 12.8 Å². The van der Waals surface area contributed by atoms with E-state index in [0.717, 1.165) is 30.3 Å². The van der Waals surface area contributed by atoms with Crippen molar-refractivity contribution in [2.45, 2.75) is 45.1 Å². The van der Waals surface area contributed by atoms with Crippen molar-refractivity contribution in [1.82, 2.24) is 4.98 Å². The number of alkyl halides is 1. The summed E-state index contributed by atoms with van der Waals surface area (Å²) in [7, 11) is 0. The Kier molecular flexibility index (Phi) is 3.93. The maximum atomic E-state index is 6.20. The number of rotatable bonds is 3. The van der Waals surface area contributed by atoms with Crippen molar-refractivity contribution in [3.8, 4) is 0 Å². The van der Waals surface area contributed by atoms with Crippen LogP contribution >= 0.6 is 11.6 Å². The smallest absolute Gasteiger partial charge is 0.126 e. The standard InChI is InChI=1S/C14H21ClN2/c1-11-5-4-8-14(9-11,10-15)17-13-7-3-6-12(2)16-13/h3,6-7,11H,4-5,8-10H2,1-2H3,(H,16,17). The lowest BCUT2D eigenvalue weighted by molar-refractivity contribution is 0.279. The van der Waals surface area contributed by atoms with E-state index in [9.17, 15) is 0 Å². The van der Waals surface area contributed by atoms with E-state index < -0.39 is 0 Å². The number of pyridine rings is 1. The van der Waals surface area contributed by atoms with Gasteiger partial charge in [0.25, 0.3) is 0 Å². The third-order valence-corrected chi connectivity index (χ3v) is 4.14. The normalized spacial score (nSPS) is 29.0. The zero-order valence-corrected chi connectivity index (χ0v) is 11.4. The van der Waals surface area contributed by atoms with Crippen molar-refractivity contribution < 1.29 is 0 Å². The first-order valence-corrected chi connectivity index (χ1v) is 6.95. The molecule has 1 heterocycles. The molecule has 94 valence electrons. The summed E-state index contributed by atoms with van der Waals surface area (Å²) in [4.78, 5) is 4.52. The first-order valence-electron chi connectivity index (χ1n) is 6.41. The van der Waals surface area contributed by atoms with E-state index in [2.05, 4.69) is 17.2 Å². The van der Waals surface area contributed by atoms with Gasteiger partial charge in [-0.05, 0) is 37.8 Å². The number of aromatic nitrogens is 1. The minimum atomic E-state index is 0.0417. The molecule has 0 saturated heterocycles. The highest BCUT2D eigenvalue weighted by atomic mass is 35.5. The molecular weight excluding hydrogens is 232 g/mol. The van der Waals surface area contributed by atoms with Crippen LogP contribution < -0.4 is 5.32 Å². The van der Waals surface area contributed by atoms with Gasteiger partial charge in [-0.25, -0.2) is 4.98 Å². The molecule has 2 unspecified atom stereocenters. The Balaban J connectivity index is 2.13. The third-order valence-electron chi connectivity index (χ3n) is 3.63. The second-order valence-corrected chi connectivity index (χ2v) is 5.67. The summed E-state index contributed by atoms with van der Waals surface area (Å²) in [6.07, 6.45) is 4.87. The number of halogens is 1. The number of nitrogens with zero attached hydrogens (tertiary/aromatic N) is 1. The second kappa shape index (κ2) is 5.26. The fourth-order valence-electron chi connectivity index (χ4n) is 2.81. The average Bonchev–Trinajstić information content (AvgIpc) is 2.29. The summed E-state index contributed by atoms with van der Waals surface area (Å²) in [6, 6.07) is 6.08. The van der Waals surface area contributed by atoms with Crippen molar-refractivity contribution in [2.24, 2.45) is 5.92 Å². The lowest BCUT2D eigenvalue weighted by Gasteiger charge is -2.39. The Hall–Kier alpha value is -0.760. The molecule has 2 atom stereocenters. The summed E-state index contributed by atoms with van der Waals surface area (Å²) in [5.41, 5.74) is 1.09. The van der Waals surface area contributed by atoms with Crippen LogP contribution in [0.25, 0.3) is 0 Å². The van der Waals surface area contributed by atoms with E-state index in [1.807, 2.05) is 25.1 Å². The maximum absolute atomic E-state index is 6.20. The van der Waals surface area contributed by atoms with Gasteiger partial charge in [0.05, 0.1) is 5.54 Å². The highest BCUT2D eigenvalue weighted by Gasteiger charge is 2.34. The first kappa shape index (κ1) is 12.7. The molecule has 2 nitrogen and oxygen atoms in total. The molecule has 1 N–H and O–H groups in total. The van der Waals surface area contributed by atoms with Crippen molar-refractivity contribution in [2.75, 3.05) is 11.2 Å². The van der Waals surface area contributed by atoms with Crippen LogP contribution in [-0.2, 0) is 0 Å². The Morgan fingerprint density at radius 2 is 2.35 bits per heavy atom. The molecule has 1 aromatic rings.